The molecule has 0 spiro atoms. The van der Waals surface area contributed by atoms with Crippen LogP contribution in [0.2, 0.25) is 5.02 Å². The lowest BCUT2D eigenvalue weighted by atomic mass is 10.0. The average molecular weight is 293 g/mol. The van der Waals surface area contributed by atoms with E-state index in [0.717, 1.165) is 0 Å². The van der Waals surface area contributed by atoms with Crippen LogP contribution in [-0.2, 0) is 4.79 Å². The first kappa shape index (κ1) is 14.2. The van der Waals surface area contributed by atoms with E-state index in [1.807, 2.05) is 0 Å². The van der Waals surface area contributed by atoms with Gasteiger partial charge in [-0.15, -0.1) is 0 Å². The number of carboxylic acid groups (broad SMARTS) is 1. The number of benzene rings is 2. The van der Waals surface area contributed by atoms with Crippen molar-refractivity contribution in [2.75, 3.05) is 6.61 Å². The minimum Gasteiger partial charge on any atom is -0.508 e. The summed E-state index contributed by atoms with van der Waals surface area (Å²) in [6.45, 7) is 0.00173. The van der Waals surface area contributed by atoms with Gasteiger partial charge in [-0.3, -0.25) is 4.79 Å². The molecule has 20 heavy (non-hydrogen) atoms. The van der Waals surface area contributed by atoms with E-state index in [2.05, 4.69) is 0 Å². The van der Waals surface area contributed by atoms with Crippen LogP contribution >= 0.6 is 11.6 Å². The third kappa shape index (κ3) is 3.65. The standard InChI is InChI=1S/C15H13ClO4/c16-11-3-7-13(8-4-11)20-9-14(15(18)19)10-1-5-12(17)6-2-10/h1-8,14,17H,9H2,(H,18,19). The van der Waals surface area contributed by atoms with Gasteiger partial charge in [0.05, 0.1) is 0 Å². The number of ether oxygens (including phenoxy) is 1. The van der Waals surface area contributed by atoms with Gasteiger partial charge in [0, 0.05) is 5.02 Å². The highest BCUT2D eigenvalue weighted by Gasteiger charge is 2.20. The lowest BCUT2D eigenvalue weighted by Gasteiger charge is -2.14. The van der Waals surface area contributed by atoms with Gasteiger partial charge in [0.15, 0.2) is 0 Å². The fourth-order valence-electron chi connectivity index (χ4n) is 1.73. The van der Waals surface area contributed by atoms with Crippen LogP contribution in [0.1, 0.15) is 11.5 Å². The summed E-state index contributed by atoms with van der Waals surface area (Å²) in [5, 5.41) is 19.1. The van der Waals surface area contributed by atoms with Gasteiger partial charge in [-0.05, 0) is 42.0 Å². The van der Waals surface area contributed by atoms with Crippen molar-refractivity contribution in [1.29, 1.82) is 0 Å². The molecule has 104 valence electrons. The van der Waals surface area contributed by atoms with Crippen LogP contribution in [0.4, 0.5) is 0 Å². The maximum atomic E-state index is 11.3. The number of aromatic hydroxyl groups is 1. The number of carboxylic acids is 1. The highest BCUT2D eigenvalue weighted by atomic mass is 35.5. The second-order valence-electron chi connectivity index (χ2n) is 4.25. The molecule has 4 nitrogen and oxygen atoms in total. The van der Waals surface area contributed by atoms with Gasteiger partial charge in [0.25, 0.3) is 0 Å². The minimum absolute atomic E-state index is 0.00173. The molecule has 2 aromatic rings. The van der Waals surface area contributed by atoms with Crippen molar-refractivity contribution < 1.29 is 19.7 Å². The Morgan fingerprint density at radius 2 is 1.70 bits per heavy atom. The monoisotopic (exact) mass is 292 g/mol. The van der Waals surface area contributed by atoms with Gasteiger partial charge >= 0.3 is 5.97 Å². The number of halogens is 1. The Hall–Kier alpha value is -2.20. The molecule has 0 aliphatic heterocycles. The maximum absolute atomic E-state index is 11.3. The van der Waals surface area contributed by atoms with Crippen molar-refractivity contribution in [3.05, 3.63) is 59.1 Å². The molecule has 0 aliphatic carbocycles. The minimum atomic E-state index is -0.982. The van der Waals surface area contributed by atoms with Gasteiger partial charge in [-0.1, -0.05) is 23.7 Å². The van der Waals surface area contributed by atoms with E-state index in [9.17, 15) is 15.0 Å². The highest BCUT2D eigenvalue weighted by molar-refractivity contribution is 6.30. The number of hydrogen-bond acceptors (Lipinski definition) is 3. The predicted octanol–water partition coefficient (Wildman–Crippen LogP) is 3.29. The molecule has 2 rings (SSSR count). The van der Waals surface area contributed by atoms with E-state index in [1.165, 1.54) is 12.1 Å². The molecular weight excluding hydrogens is 280 g/mol. The van der Waals surface area contributed by atoms with Crippen molar-refractivity contribution in [2.45, 2.75) is 5.92 Å². The van der Waals surface area contributed by atoms with Gasteiger partial charge in [0.1, 0.15) is 24.0 Å². The third-order valence-electron chi connectivity index (χ3n) is 2.82. The van der Waals surface area contributed by atoms with Gasteiger partial charge in [-0.2, -0.15) is 0 Å². The van der Waals surface area contributed by atoms with Crippen molar-refractivity contribution >= 4 is 17.6 Å². The lowest BCUT2D eigenvalue weighted by molar-refractivity contribution is -0.139. The van der Waals surface area contributed by atoms with E-state index >= 15 is 0 Å². The van der Waals surface area contributed by atoms with Crippen LogP contribution in [-0.4, -0.2) is 22.8 Å². The molecule has 5 heteroatoms. The van der Waals surface area contributed by atoms with Crippen LogP contribution in [0, 0.1) is 0 Å². The Bertz CT molecular complexity index is 578. The first-order chi connectivity index (χ1) is 9.56. The molecule has 0 aliphatic rings. The molecular formula is C15H13ClO4. The summed E-state index contributed by atoms with van der Waals surface area (Å²) in [6, 6.07) is 12.7. The molecule has 0 bridgehead atoms. The largest absolute Gasteiger partial charge is 0.508 e. The number of hydrogen-bond donors (Lipinski definition) is 2. The van der Waals surface area contributed by atoms with Crippen molar-refractivity contribution in [2.24, 2.45) is 0 Å². The first-order valence-electron chi connectivity index (χ1n) is 5.96. The van der Waals surface area contributed by atoms with Crippen molar-refractivity contribution in [1.82, 2.24) is 0 Å². The first-order valence-corrected chi connectivity index (χ1v) is 6.34. The molecule has 0 fully saturated rings. The fraction of sp³-hybridized carbons (Fsp3) is 0.133. The number of carbonyl (C=O) groups is 1. The zero-order chi connectivity index (χ0) is 14.5. The zero-order valence-corrected chi connectivity index (χ0v) is 11.2. The second kappa shape index (κ2) is 6.30. The van der Waals surface area contributed by atoms with E-state index in [4.69, 9.17) is 16.3 Å². The topological polar surface area (TPSA) is 66.8 Å². The second-order valence-corrected chi connectivity index (χ2v) is 4.68. The summed E-state index contributed by atoms with van der Waals surface area (Å²) in [7, 11) is 0. The molecule has 1 atom stereocenters. The summed E-state index contributed by atoms with van der Waals surface area (Å²) in [4.78, 5) is 11.3. The van der Waals surface area contributed by atoms with Crippen molar-refractivity contribution in [3.63, 3.8) is 0 Å². The molecule has 0 saturated heterocycles. The number of phenols is 1. The number of rotatable bonds is 5. The van der Waals surface area contributed by atoms with Crippen LogP contribution in [0.15, 0.2) is 48.5 Å². The lowest BCUT2D eigenvalue weighted by Crippen LogP contribution is -2.19. The summed E-state index contributed by atoms with van der Waals surface area (Å²) in [5.41, 5.74) is 0.573. The van der Waals surface area contributed by atoms with Crippen molar-refractivity contribution in [3.8, 4) is 11.5 Å². The van der Waals surface area contributed by atoms with Gasteiger partial charge < -0.3 is 14.9 Å². The van der Waals surface area contributed by atoms with E-state index in [1.54, 1.807) is 36.4 Å². The molecule has 0 saturated carbocycles. The van der Waals surface area contributed by atoms with E-state index in [0.29, 0.717) is 16.3 Å². The molecule has 0 aromatic heterocycles. The Morgan fingerprint density at radius 3 is 2.25 bits per heavy atom. The average Bonchev–Trinajstić information content (AvgIpc) is 2.43. The zero-order valence-electron chi connectivity index (χ0n) is 10.5. The van der Waals surface area contributed by atoms with Crippen LogP contribution in [0.5, 0.6) is 11.5 Å². The normalized spacial score (nSPS) is 11.8. The Labute approximate surface area is 121 Å². The molecule has 2 aromatic carbocycles. The predicted molar refractivity (Wildman–Crippen MR) is 75.4 cm³/mol. The Kier molecular flexibility index (Phi) is 4.48. The van der Waals surface area contributed by atoms with Crippen LogP contribution in [0.3, 0.4) is 0 Å². The SMILES string of the molecule is O=C(O)C(COc1ccc(Cl)cc1)c1ccc(O)cc1. The molecule has 0 heterocycles. The highest BCUT2D eigenvalue weighted by Crippen LogP contribution is 2.22. The summed E-state index contributed by atoms with van der Waals surface area (Å²) >= 11 is 5.76. The quantitative estimate of drug-likeness (QED) is 0.887. The molecule has 0 amide bonds. The molecule has 1 unspecified atom stereocenters. The molecule has 0 radical (unpaired) electrons. The van der Waals surface area contributed by atoms with E-state index < -0.39 is 11.9 Å². The van der Waals surface area contributed by atoms with Crippen LogP contribution in [0.25, 0.3) is 0 Å². The molecule has 2 N–H and O–H groups in total. The van der Waals surface area contributed by atoms with Crippen LogP contribution < -0.4 is 4.74 Å². The fourth-order valence-corrected chi connectivity index (χ4v) is 1.85. The number of phenolic OH excluding ortho intramolecular Hbond substituents is 1. The summed E-state index contributed by atoms with van der Waals surface area (Å²) in [5.74, 6) is -1.13. The third-order valence-corrected chi connectivity index (χ3v) is 3.08. The van der Waals surface area contributed by atoms with Gasteiger partial charge in [0.2, 0.25) is 0 Å². The maximum Gasteiger partial charge on any atom is 0.314 e. The Morgan fingerprint density at radius 1 is 1.10 bits per heavy atom. The van der Waals surface area contributed by atoms with E-state index in [-0.39, 0.29) is 12.4 Å². The summed E-state index contributed by atoms with van der Waals surface area (Å²) in [6.07, 6.45) is 0. The smallest absolute Gasteiger partial charge is 0.314 e. The number of aliphatic carboxylic acids is 1. The Balaban J connectivity index is 2.08. The van der Waals surface area contributed by atoms with Gasteiger partial charge in [-0.25, -0.2) is 0 Å². The summed E-state index contributed by atoms with van der Waals surface area (Å²) < 4.78 is 5.47.